The van der Waals surface area contributed by atoms with Gasteiger partial charge in [-0.1, -0.05) is 12.7 Å². The second-order valence-electron chi connectivity index (χ2n) is 1.36. The van der Waals surface area contributed by atoms with Crippen molar-refractivity contribution in [1.29, 1.82) is 5.41 Å². The quantitative estimate of drug-likeness (QED) is 0.324. The molecule has 0 amide bonds. The fraction of sp³-hybridized carbons (Fsp3) is 0. The summed E-state index contributed by atoms with van der Waals surface area (Å²) in [6.45, 7) is 6.63. The van der Waals surface area contributed by atoms with Crippen LogP contribution in [0.25, 0.3) is 0 Å². The van der Waals surface area contributed by atoms with Crippen molar-refractivity contribution in [2.45, 2.75) is 0 Å². The Kier molecular flexibility index (Phi) is 3.05. The predicted molar refractivity (Wildman–Crippen MR) is 39.7 cm³/mol. The van der Waals surface area contributed by atoms with Crippen LogP contribution in [-0.2, 0) is 0 Å². The van der Waals surface area contributed by atoms with Gasteiger partial charge in [-0.05, 0) is 12.8 Å². The van der Waals surface area contributed by atoms with Gasteiger partial charge in [0.2, 0.25) is 0 Å². The highest BCUT2D eigenvalue weighted by Gasteiger charge is 1.91. The van der Waals surface area contributed by atoms with Crippen LogP contribution in [0.3, 0.4) is 0 Å². The zero-order valence-corrected chi connectivity index (χ0v) is 5.09. The Morgan fingerprint density at radius 3 is 2.33 bits per heavy atom. The molecule has 0 rings (SSSR count). The first kappa shape index (κ1) is 7.62. The second-order valence-corrected chi connectivity index (χ2v) is 1.36. The maximum atomic E-state index is 6.88. The largest absolute Gasteiger partial charge is 0.382 e. The number of nitrogens with zero attached hydrogens (tertiary/aromatic N) is 1. The third-order valence-electron chi connectivity index (χ3n) is 0.722. The highest BCUT2D eigenvalue weighted by molar-refractivity contribution is 5.94. The molecule has 0 heterocycles. The molecule has 3 heteroatoms. The maximum absolute atomic E-state index is 6.88. The lowest BCUT2D eigenvalue weighted by Gasteiger charge is -1.92. The van der Waals surface area contributed by atoms with Crippen LogP contribution in [0.2, 0.25) is 0 Å². The van der Waals surface area contributed by atoms with Gasteiger partial charge < -0.3 is 5.73 Å². The molecule has 0 radical (unpaired) electrons. The van der Waals surface area contributed by atoms with Crippen molar-refractivity contribution in [3.63, 3.8) is 0 Å². The normalized spacial score (nSPS) is 10.4. The molecule has 0 aromatic heterocycles. The first-order valence-electron chi connectivity index (χ1n) is 2.36. The van der Waals surface area contributed by atoms with E-state index in [9.17, 15) is 0 Å². The molecule has 0 atom stereocenters. The van der Waals surface area contributed by atoms with Gasteiger partial charge in [0.1, 0.15) is 11.5 Å². The zero-order chi connectivity index (χ0) is 7.28. The zero-order valence-electron chi connectivity index (χ0n) is 5.09. The summed E-state index contributed by atoms with van der Waals surface area (Å²) in [7, 11) is 0. The van der Waals surface area contributed by atoms with Gasteiger partial charge in [-0.2, -0.15) is 0 Å². The van der Waals surface area contributed by atoms with E-state index in [1.807, 2.05) is 0 Å². The molecule has 0 fully saturated rings. The SMILES string of the molecule is C=C/C=C(\N=C)C(=N)N. The van der Waals surface area contributed by atoms with E-state index in [1.165, 1.54) is 12.2 Å². The molecule has 48 valence electrons. The molecule has 0 aliphatic rings. The van der Waals surface area contributed by atoms with Gasteiger partial charge in [0.15, 0.2) is 0 Å². The first-order chi connectivity index (χ1) is 4.22. The number of rotatable bonds is 3. The summed E-state index contributed by atoms with van der Waals surface area (Å²) in [5.74, 6) is -0.0927. The lowest BCUT2D eigenvalue weighted by atomic mass is 10.4. The maximum Gasteiger partial charge on any atom is 0.141 e. The minimum atomic E-state index is -0.0927. The summed E-state index contributed by atoms with van der Waals surface area (Å²) in [4.78, 5) is 3.47. The molecular formula is C6H9N3. The van der Waals surface area contributed by atoms with E-state index >= 15 is 0 Å². The Labute approximate surface area is 54.1 Å². The molecule has 0 aromatic rings. The van der Waals surface area contributed by atoms with Crippen molar-refractivity contribution in [1.82, 2.24) is 0 Å². The van der Waals surface area contributed by atoms with Crippen LogP contribution in [0.1, 0.15) is 0 Å². The molecule has 3 N–H and O–H groups in total. The van der Waals surface area contributed by atoms with Gasteiger partial charge >= 0.3 is 0 Å². The molecule has 3 nitrogen and oxygen atoms in total. The first-order valence-corrected chi connectivity index (χ1v) is 2.36. The number of hydrogen-bond acceptors (Lipinski definition) is 2. The topological polar surface area (TPSA) is 62.2 Å². The van der Waals surface area contributed by atoms with Gasteiger partial charge in [0, 0.05) is 0 Å². The third-order valence-corrected chi connectivity index (χ3v) is 0.722. The van der Waals surface area contributed by atoms with Gasteiger partial charge in [-0.3, -0.25) is 10.4 Å². The molecule has 0 spiro atoms. The van der Waals surface area contributed by atoms with Crippen LogP contribution >= 0.6 is 0 Å². The summed E-state index contributed by atoms with van der Waals surface area (Å²) < 4.78 is 0. The van der Waals surface area contributed by atoms with E-state index < -0.39 is 0 Å². The highest BCUT2D eigenvalue weighted by Crippen LogP contribution is 1.92. The summed E-state index contributed by atoms with van der Waals surface area (Å²) >= 11 is 0. The molecule has 0 bridgehead atoms. The van der Waals surface area contributed by atoms with E-state index in [1.54, 1.807) is 0 Å². The standard InChI is InChI=1S/C6H9N3/c1-3-4-5(9-2)6(7)8/h3-4H,1-2H2,(H3,7,8)/b5-4-. The summed E-state index contributed by atoms with van der Waals surface area (Å²) in [6.07, 6.45) is 3.03. The summed E-state index contributed by atoms with van der Waals surface area (Å²) in [5, 5.41) is 6.88. The molecule has 9 heavy (non-hydrogen) atoms. The second kappa shape index (κ2) is 3.60. The van der Waals surface area contributed by atoms with E-state index in [0.717, 1.165) is 0 Å². The minimum Gasteiger partial charge on any atom is -0.382 e. The van der Waals surface area contributed by atoms with Crippen LogP contribution in [0, 0.1) is 5.41 Å². The predicted octanol–water partition coefficient (Wildman–Crippen LogP) is 0.693. The average Bonchev–Trinajstić information content (AvgIpc) is 1.82. The number of nitrogens with one attached hydrogen (secondary N) is 1. The monoisotopic (exact) mass is 123 g/mol. The van der Waals surface area contributed by atoms with Gasteiger partial charge in [0.25, 0.3) is 0 Å². The van der Waals surface area contributed by atoms with Crippen molar-refractivity contribution < 1.29 is 0 Å². The van der Waals surface area contributed by atoms with Crippen molar-refractivity contribution in [3.8, 4) is 0 Å². The number of allylic oxidation sites excluding steroid dienone is 2. The molecule has 0 aromatic carbocycles. The molecule has 0 saturated carbocycles. The fourth-order valence-corrected chi connectivity index (χ4v) is 0.339. The molecular weight excluding hydrogens is 114 g/mol. The summed E-state index contributed by atoms with van der Waals surface area (Å²) in [6, 6.07) is 0. The highest BCUT2D eigenvalue weighted by atomic mass is 14.8. The van der Waals surface area contributed by atoms with Gasteiger partial charge in [-0.15, -0.1) is 0 Å². The molecule has 0 saturated heterocycles. The van der Waals surface area contributed by atoms with Crippen LogP contribution in [-0.4, -0.2) is 12.6 Å². The van der Waals surface area contributed by atoms with Crippen LogP contribution in [0.5, 0.6) is 0 Å². The molecule has 0 aliphatic carbocycles. The number of nitrogens with two attached hydrogens (primary N) is 1. The van der Waals surface area contributed by atoms with Crippen molar-refractivity contribution in [2.75, 3.05) is 0 Å². The Balaban J connectivity index is 4.32. The van der Waals surface area contributed by atoms with E-state index in [2.05, 4.69) is 18.3 Å². The van der Waals surface area contributed by atoms with Crippen molar-refractivity contribution in [2.24, 2.45) is 10.7 Å². The molecule has 0 unspecified atom stereocenters. The number of hydrogen-bond donors (Lipinski definition) is 2. The molecule has 0 aliphatic heterocycles. The lowest BCUT2D eigenvalue weighted by Crippen LogP contribution is -2.10. The van der Waals surface area contributed by atoms with E-state index in [4.69, 9.17) is 11.1 Å². The Hall–Kier alpha value is -1.38. The average molecular weight is 123 g/mol. The van der Waals surface area contributed by atoms with Crippen LogP contribution in [0.4, 0.5) is 0 Å². The van der Waals surface area contributed by atoms with E-state index in [0.29, 0.717) is 5.70 Å². The minimum absolute atomic E-state index is 0.0927. The summed E-state index contributed by atoms with van der Waals surface area (Å²) in [5.41, 5.74) is 5.42. The van der Waals surface area contributed by atoms with Crippen molar-refractivity contribution in [3.05, 3.63) is 24.4 Å². The smallest absolute Gasteiger partial charge is 0.141 e. The Morgan fingerprint density at radius 1 is 1.67 bits per heavy atom. The van der Waals surface area contributed by atoms with Crippen molar-refractivity contribution >= 4 is 12.6 Å². The lowest BCUT2D eigenvalue weighted by molar-refractivity contribution is 1.36. The Morgan fingerprint density at radius 2 is 2.22 bits per heavy atom. The van der Waals surface area contributed by atoms with E-state index in [-0.39, 0.29) is 5.84 Å². The van der Waals surface area contributed by atoms with Gasteiger partial charge in [0.05, 0.1) is 0 Å². The third kappa shape index (κ3) is 2.43. The van der Waals surface area contributed by atoms with Gasteiger partial charge in [-0.25, -0.2) is 0 Å². The fourth-order valence-electron chi connectivity index (χ4n) is 0.339. The van der Waals surface area contributed by atoms with Crippen LogP contribution < -0.4 is 5.73 Å². The Bertz CT molecular complexity index is 167. The number of aliphatic imine (C=N–C) groups is 1. The number of amidine groups is 1. The van der Waals surface area contributed by atoms with Crippen LogP contribution in [0.15, 0.2) is 29.4 Å².